The SMILES string of the molecule is OC1CC(c2nc(-c3ccccc3)no2)N(Cc2cc3ccccc3o2)C1. The number of fused-ring (bicyclic) bond motifs is 1. The van der Waals surface area contributed by atoms with E-state index in [4.69, 9.17) is 8.94 Å². The molecule has 2 aromatic heterocycles. The van der Waals surface area contributed by atoms with Crippen LogP contribution in [0.15, 0.2) is 69.6 Å². The summed E-state index contributed by atoms with van der Waals surface area (Å²) in [5, 5.41) is 15.4. The second-order valence-electron chi connectivity index (χ2n) is 6.91. The van der Waals surface area contributed by atoms with Gasteiger partial charge in [0.25, 0.3) is 0 Å². The summed E-state index contributed by atoms with van der Waals surface area (Å²) >= 11 is 0. The van der Waals surface area contributed by atoms with Gasteiger partial charge in [0.15, 0.2) is 0 Å². The molecule has 136 valence electrons. The van der Waals surface area contributed by atoms with Crippen LogP contribution in [0.3, 0.4) is 0 Å². The van der Waals surface area contributed by atoms with Gasteiger partial charge in [0, 0.05) is 17.5 Å². The summed E-state index contributed by atoms with van der Waals surface area (Å²) in [6, 6.07) is 19.6. The number of aliphatic hydroxyl groups is 1. The molecule has 1 aliphatic heterocycles. The van der Waals surface area contributed by atoms with Crippen molar-refractivity contribution in [3.63, 3.8) is 0 Å². The fraction of sp³-hybridized carbons (Fsp3) is 0.238. The van der Waals surface area contributed by atoms with E-state index in [-0.39, 0.29) is 6.04 Å². The fourth-order valence-electron chi connectivity index (χ4n) is 3.70. The molecule has 4 aromatic rings. The predicted molar refractivity (Wildman–Crippen MR) is 99.7 cm³/mol. The van der Waals surface area contributed by atoms with Crippen LogP contribution in [0, 0.1) is 0 Å². The number of hydrogen-bond donors (Lipinski definition) is 1. The number of benzene rings is 2. The maximum absolute atomic E-state index is 10.2. The molecular formula is C21H19N3O3. The number of furan rings is 1. The van der Waals surface area contributed by atoms with Gasteiger partial charge in [0.2, 0.25) is 11.7 Å². The minimum atomic E-state index is -0.425. The molecule has 0 saturated carbocycles. The van der Waals surface area contributed by atoms with Gasteiger partial charge in [0.1, 0.15) is 11.3 Å². The third kappa shape index (κ3) is 3.13. The maximum atomic E-state index is 10.2. The van der Waals surface area contributed by atoms with Crippen LogP contribution in [-0.4, -0.2) is 32.8 Å². The van der Waals surface area contributed by atoms with Crippen molar-refractivity contribution in [3.05, 3.63) is 72.3 Å². The van der Waals surface area contributed by atoms with E-state index in [0.717, 1.165) is 22.3 Å². The second kappa shape index (κ2) is 6.64. The molecule has 1 saturated heterocycles. The summed E-state index contributed by atoms with van der Waals surface area (Å²) in [6.45, 7) is 1.13. The molecule has 1 N–H and O–H groups in total. The molecule has 2 unspecified atom stereocenters. The maximum Gasteiger partial charge on any atom is 0.244 e. The topological polar surface area (TPSA) is 75.5 Å². The van der Waals surface area contributed by atoms with E-state index in [9.17, 15) is 5.11 Å². The molecule has 2 atom stereocenters. The Kier molecular flexibility index (Phi) is 3.99. The number of para-hydroxylation sites is 1. The number of rotatable bonds is 4. The fourth-order valence-corrected chi connectivity index (χ4v) is 3.70. The Balaban J connectivity index is 1.40. The number of likely N-dealkylation sites (tertiary alicyclic amines) is 1. The van der Waals surface area contributed by atoms with E-state index in [2.05, 4.69) is 15.0 Å². The van der Waals surface area contributed by atoms with Crippen LogP contribution >= 0.6 is 0 Å². The minimum Gasteiger partial charge on any atom is -0.460 e. The summed E-state index contributed by atoms with van der Waals surface area (Å²) in [7, 11) is 0. The van der Waals surface area contributed by atoms with Crippen molar-refractivity contribution in [1.82, 2.24) is 15.0 Å². The lowest BCUT2D eigenvalue weighted by Crippen LogP contribution is -2.24. The first-order valence-corrected chi connectivity index (χ1v) is 9.05. The zero-order valence-electron chi connectivity index (χ0n) is 14.7. The molecule has 0 amide bonds. The van der Waals surface area contributed by atoms with Crippen molar-refractivity contribution in [3.8, 4) is 11.4 Å². The molecule has 27 heavy (non-hydrogen) atoms. The molecule has 0 bridgehead atoms. The highest BCUT2D eigenvalue weighted by atomic mass is 16.5. The Morgan fingerprint density at radius 2 is 1.89 bits per heavy atom. The van der Waals surface area contributed by atoms with Crippen molar-refractivity contribution in [1.29, 1.82) is 0 Å². The molecule has 6 heteroatoms. The second-order valence-corrected chi connectivity index (χ2v) is 6.91. The van der Waals surface area contributed by atoms with Gasteiger partial charge in [0.05, 0.1) is 18.7 Å². The van der Waals surface area contributed by atoms with Crippen LogP contribution in [0.1, 0.15) is 24.1 Å². The molecule has 0 aliphatic carbocycles. The average Bonchev–Trinajstić information content (AvgIpc) is 3.40. The minimum absolute atomic E-state index is 0.127. The smallest absolute Gasteiger partial charge is 0.244 e. The Hall–Kier alpha value is -2.96. The van der Waals surface area contributed by atoms with E-state index < -0.39 is 6.10 Å². The predicted octanol–water partition coefficient (Wildman–Crippen LogP) is 3.79. The Morgan fingerprint density at radius 3 is 2.74 bits per heavy atom. The van der Waals surface area contributed by atoms with Gasteiger partial charge < -0.3 is 14.0 Å². The Morgan fingerprint density at radius 1 is 1.07 bits per heavy atom. The standard InChI is InChI=1S/C21H19N3O3/c25-16-11-18(21-22-20(23-27-21)14-6-2-1-3-7-14)24(12-16)13-17-10-15-8-4-5-9-19(15)26-17/h1-10,16,18,25H,11-13H2. The number of hydrogen-bond acceptors (Lipinski definition) is 6. The van der Waals surface area contributed by atoms with Crippen molar-refractivity contribution in [2.75, 3.05) is 6.54 Å². The van der Waals surface area contributed by atoms with Gasteiger partial charge in [-0.3, -0.25) is 4.90 Å². The van der Waals surface area contributed by atoms with Crippen LogP contribution in [0.5, 0.6) is 0 Å². The van der Waals surface area contributed by atoms with E-state index in [1.165, 1.54) is 0 Å². The number of β-amino-alcohol motifs (C(OH)–C–C–N with tert-alkyl or cyclic N) is 1. The molecule has 0 spiro atoms. The van der Waals surface area contributed by atoms with E-state index in [1.807, 2.05) is 60.7 Å². The summed E-state index contributed by atoms with van der Waals surface area (Å²) in [4.78, 5) is 6.70. The number of aromatic nitrogens is 2. The van der Waals surface area contributed by atoms with E-state index in [1.54, 1.807) is 0 Å². The summed E-state index contributed by atoms with van der Waals surface area (Å²) < 4.78 is 11.5. The first-order chi connectivity index (χ1) is 13.3. The Bertz CT molecular complexity index is 1020. The largest absolute Gasteiger partial charge is 0.460 e. The molecule has 5 rings (SSSR count). The van der Waals surface area contributed by atoms with Crippen LogP contribution in [0.25, 0.3) is 22.4 Å². The first-order valence-electron chi connectivity index (χ1n) is 9.05. The first kappa shape index (κ1) is 16.2. The third-order valence-electron chi connectivity index (χ3n) is 4.98. The lowest BCUT2D eigenvalue weighted by Gasteiger charge is -2.19. The molecule has 6 nitrogen and oxygen atoms in total. The lowest BCUT2D eigenvalue weighted by molar-refractivity contribution is 0.164. The van der Waals surface area contributed by atoms with Crippen molar-refractivity contribution >= 4 is 11.0 Å². The van der Waals surface area contributed by atoms with Crippen molar-refractivity contribution in [2.45, 2.75) is 25.1 Å². The van der Waals surface area contributed by atoms with Crippen LogP contribution in [0.4, 0.5) is 0 Å². The summed E-state index contributed by atoms with van der Waals surface area (Å²) in [5.74, 6) is 1.95. The van der Waals surface area contributed by atoms with Gasteiger partial charge in [-0.15, -0.1) is 0 Å². The molecule has 0 radical (unpaired) electrons. The van der Waals surface area contributed by atoms with Gasteiger partial charge in [-0.2, -0.15) is 4.98 Å². The normalized spacial score (nSPS) is 20.5. The number of nitrogens with zero attached hydrogens (tertiary/aromatic N) is 3. The average molecular weight is 361 g/mol. The van der Waals surface area contributed by atoms with Gasteiger partial charge in [-0.25, -0.2) is 0 Å². The van der Waals surface area contributed by atoms with Gasteiger partial charge in [-0.1, -0.05) is 53.7 Å². The van der Waals surface area contributed by atoms with E-state index in [0.29, 0.717) is 31.2 Å². The highest BCUT2D eigenvalue weighted by molar-refractivity contribution is 5.77. The Labute approximate surface area is 156 Å². The molecular weight excluding hydrogens is 342 g/mol. The zero-order chi connectivity index (χ0) is 18.2. The molecule has 2 aromatic carbocycles. The van der Waals surface area contributed by atoms with E-state index >= 15 is 0 Å². The highest BCUT2D eigenvalue weighted by Crippen LogP contribution is 2.34. The molecule has 3 heterocycles. The molecule has 1 fully saturated rings. The number of aliphatic hydroxyl groups excluding tert-OH is 1. The monoisotopic (exact) mass is 361 g/mol. The zero-order valence-corrected chi connectivity index (χ0v) is 14.7. The molecule has 1 aliphatic rings. The van der Waals surface area contributed by atoms with Crippen molar-refractivity contribution < 1.29 is 14.0 Å². The lowest BCUT2D eigenvalue weighted by atomic mass is 10.2. The highest BCUT2D eigenvalue weighted by Gasteiger charge is 2.36. The third-order valence-corrected chi connectivity index (χ3v) is 4.98. The summed E-state index contributed by atoms with van der Waals surface area (Å²) in [6.07, 6.45) is 0.142. The quantitative estimate of drug-likeness (QED) is 0.596. The van der Waals surface area contributed by atoms with Gasteiger partial charge >= 0.3 is 0 Å². The van der Waals surface area contributed by atoms with Crippen LogP contribution in [0.2, 0.25) is 0 Å². The van der Waals surface area contributed by atoms with Gasteiger partial charge in [-0.05, 0) is 18.6 Å². The summed E-state index contributed by atoms with van der Waals surface area (Å²) in [5.41, 5.74) is 1.78. The van der Waals surface area contributed by atoms with Crippen molar-refractivity contribution in [2.24, 2.45) is 0 Å². The van der Waals surface area contributed by atoms with Crippen LogP contribution < -0.4 is 0 Å². The van der Waals surface area contributed by atoms with Crippen LogP contribution in [-0.2, 0) is 6.54 Å².